The van der Waals surface area contributed by atoms with Crippen molar-refractivity contribution < 1.29 is 0 Å². The molecular formula is C17H27BrN2. The van der Waals surface area contributed by atoms with Crippen LogP contribution in [0.25, 0.3) is 0 Å². The van der Waals surface area contributed by atoms with Crippen LogP contribution in [0.3, 0.4) is 0 Å². The summed E-state index contributed by atoms with van der Waals surface area (Å²) in [6.07, 6.45) is 2.54. The monoisotopic (exact) mass is 338 g/mol. The third kappa shape index (κ3) is 4.31. The van der Waals surface area contributed by atoms with Crippen molar-refractivity contribution in [2.75, 3.05) is 13.1 Å². The lowest BCUT2D eigenvalue weighted by Gasteiger charge is -2.42. The minimum Gasteiger partial charge on any atom is -0.311 e. The lowest BCUT2D eigenvalue weighted by Crippen LogP contribution is -2.57. The van der Waals surface area contributed by atoms with Crippen molar-refractivity contribution in [1.29, 1.82) is 0 Å². The molecule has 3 heteroatoms. The first-order valence-corrected chi connectivity index (χ1v) is 8.61. The first kappa shape index (κ1) is 16.0. The summed E-state index contributed by atoms with van der Waals surface area (Å²) >= 11 is 3.58. The van der Waals surface area contributed by atoms with Crippen molar-refractivity contribution in [3.05, 3.63) is 34.3 Å². The van der Waals surface area contributed by atoms with E-state index in [0.29, 0.717) is 18.0 Å². The molecule has 2 nitrogen and oxygen atoms in total. The van der Waals surface area contributed by atoms with Crippen LogP contribution in [0.1, 0.15) is 39.2 Å². The molecule has 0 radical (unpaired) electrons. The average Bonchev–Trinajstić information content (AvgIpc) is 2.41. The van der Waals surface area contributed by atoms with Crippen molar-refractivity contribution in [1.82, 2.24) is 10.2 Å². The zero-order chi connectivity index (χ0) is 14.5. The minimum atomic E-state index is 0.621. The third-order valence-electron chi connectivity index (χ3n) is 4.26. The molecule has 2 unspecified atom stereocenters. The molecule has 0 saturated carbocycles. The number of nitrogens with one attached hydrogen (secondary N) is 1. The fraction of sp³-hybridized carbons (Fsp3) is 0.647. The Kier molecular flexibility index (Phi) is 6.06. The van der Waals surface area contributed by atoms with E-state index >= 15 is 0 Å². The van der Waals surface area contributed by atoms with Crippen LogP contribution in [-0.2, 0) is 6.54 Å². The number of hydrogen-bond donors (Lipinski definition) is 1. The molecule has 1 aromatic carbocycles. The second kappa shape index (κ2) is 7.58. The molecule has 0 amide bonds. The second-order valence-electron chi connectivity index (χ2n) is 6.26. The van der Waals surface area contributed by atoms with Crippen molar-refractivity contribution in [2.45, 2.75) is 52.2 Å². The van der Waals surface area contributed by atoms with Crippen LogP contribution in [0.4, 0.5) is 0 Å². The van der Waals surface area contributed by atoms with Crippen LogP contribution >= 0.6 is 15.9 Å². The Morgan fingerprint density at radius 3 is 2.85 bits per heavy atom. The lowest BCUT2D eigenvalue weighted by molar-refractivity contribution is 0.0997. The highest BCUT2D eigenvalue weighted by atomic mass is 79.9. The largest absolute Gasteiger partial charge is 0.311 e. The molecule has 1 heterocycles. The van der Waals surface area contributed by atoms with Gasteiger partial charge in [-0.2, -0.15) is 0 Å². The van der Waals surface area contributed by atoms with Gasteiger partial charge in [0.1, 0.15) is 0 Å². The van der Waals surface area contributed by atoms with Crippen LogP contribution in [-0.4, -0.2) is 30.1 Å². The van der Waals surface area contributed by atoms with Gasteiger partial charge in [-0.1, -0.05) is 55.3 Å². The van der Waals surface area contributed by atoms with Crippen molar-refractivity contribution in [2.24, 2.45) is 5.92 Å². The Balaban J connectivity index is 2.06. The summed E-state index contributed by atoms with van der Waals surface area (Å²) in [6.45, 7) is 10.3. The van der Waals surface area contributed by atoms with Gasteiger partial charge in [0, 0.05) is 36.2 Å². The van der Waals surface area contributed by atoms with Gasteiger partial charge >= 0.3 is 0 Å². The molecule has 1 aromatic rings. The number of hydrogen-bond acceptors (Lipinski definition) is 2. The normalized spacial score (nSPS) is 24.2. The Morgan fingerprint density at radius 2 is 2.20 bits per heavy atom. The van der Waals surface area contributed by atoms with Crippen LogP contribution in [0.2, 0.25) is 0 Å². The molecule has 2 atom stereocenters. The Hall–Kier alpha value is -0.380. The third-order valence-corrected chi connectivity index (χ3v) is 4.76. The molecular weight excluding hydrogens is 312 g/mol. The SMILES string of the molecule is CCCC1CNC(C(C)C)CN1Cc1cccc(Br)c1. The van der Waals surface area contributed by atoms with Gasteiger partial charge in [-0.05, 0) is 30.0 Å². The summed E-state index contributed by atoms with van der Waals surface area (Å²) in [5.41, 5.74) is 1.41. The summed E-state index contributed by atoms with van der Waals surface area (Å²) in [5, 5.41) is 3.73. The van der Waals surface area contributed by atoms with E-state index in [-0.39, 0.29) is 0 Å². The minimum absolute atomic E-state index is 0.621. The van der Waals surface area contributed by atoms with Crippen LogP contribution in [0.15, 0.2) is 28.7 Å². The highest BCUT2D eigenvalue weighted by Gasteiger charge is 2.28. The first-order valence-electron chi connectivity index (χ1n) is 7.82. The van der Waals surface area contributed by atoms with Gasteiger partial charge in [-0.15, -0.1) is 0 Å². The molecule has 0 spiro atoms. The topological polar surface area (TPSA) is 15.3 Å². The van der Waals surface area contributed by atoms with Gasteiger partial charge in [0.05, 0.1) is 0 Å². The number of rotatable bonds is 5. The fourth-order valence-electron chi connectivity index (χ4n) is 3.01. The van der Waals surface area contributed by atoms with E-state index in [1.807, 2.05) is 0 Å². The smallest absolute Gasteiger partial charge is 0.0238 e. The Bertz CT molecular complexity index is 419. The number of nitrogens with zero attached hydrogens (tertiary/aromatic N) is 1. The lowest BCUT2D eigenvalue weighted by atomic mass is 9.97. The number of benzene rings is 1. The van der Waals surface area contributed by atoms with Gasteiger partial charge in [0.25, 0.3) is 0 Å². The summed E-state index contributed by atoms with van der Waals surface area (Å²) in [4.78, 5) is 2.67. The van der Waals surface area contributed by atoms with E-state index in [9.17, 15) is 0 Å². The molecule has 1 aliphatic heterocycles. The van der Waals surface area contributed by atoms with E-state index in [1.54, 1.807) is 0 Å². The first-order chi connectivity index (χ1) is 9.60. The Labute approximate surface area is 132 Å². The second-order valence-corrected chi connectivity index (χ2v) is 7.18. The highest BCUT2D eigenvalue weighted by molar-refractivity contribution is 9.10. The van der Waals surface area contributed by atoms with E-state index < -0.39 is 0 Å². The van der Waals surface area contributed by atoms with Crippen molar-refractivity contribution in [3.63, 3.8) is 0 Å². The predicted molar refractivity (Wildman–Crippen MR) is 89.9 cm³/mol. The number of halogens is 1. The highest BCUT2D eigenvalue weighted by Crippen LogP contribution is 2.20. The summed E-state index contributed by atoms with van der Waals surface area (Å²) < 4.78 is 1.18. The van der Waals surface area contributed by atoms with Crippen molar-refractivity contribution >= 4 is 15.9 Å². The zero-order valence-corrected chi connectivity index (χ0v) is 14.5. The van der Waals surface area contributed by atoms with E-state index in [1.165, 1.54) is 22.9 Å². The molecule has 1 fully saturated rings. The molecule has 1 aliphatic rings. The average molecular weight is 339 g/mol. The van der Waals surface area contributed by atoms with Gasteiger partial charge in [-0.25, -0.2) is 0 Å². The standard InChI is InChI=1S/C17H27BrN2/c1-4-6-16-10-19-17(13(2)3)12-20(16)11-14-7-5-8-15(18)9-14/h5,7-9,13,16-17,19H,4,6,10-12H2,1-3H3. The summed E-state index contributed by atoms with van der Waals surface area (Å²) in [7, 11) is 0. The molecule has 1 saturated heterocycles. The quantitative estimate of drug-likeness (QED) is 0.871. The number of piperazine rings is 1. The fourth-order valence-corrected chi connectivity index (χ4v) is 3.46. The maximum absolute atomic E-state index is 3.73. The maximum Gasteiger partial charge on any atom is 0.0238 e. The molecule has 0 bridgehead atoms. The van der Waals surface area contributed by atoms with Crippen molar-refractivity contribution in [3.8, 4) is 0 Å². The van der Waals surface area contributed by atoms with Crippen LogP contribution in [0.5, 0.6) is 0 Å². The predicted octanol–water partition coefficient (Wildman–Crippen LogP) is 4.05. The molecule has 1 N–H and O–H groups in total. The molecule has 2 rings (SSSR count). The molecule has 112 valence electrons. The van der Waals surface area contributed by atoms with Gasteiger partial charge in [0.2, 0.25) is 0 Å². The van der Waals surface area contributed by atoms with Crippen LogP contribution < -0.4 is 5.32 Å². The van der Waals surface area contributed by atoms with E-state index in [4.69, 9.17) is 0 Å². The van der Waals surface area contributed by atoms with Gasteiger partial charge in [-0.3, -0.25) is 4.90 Å². The van der Waals surface area contributed by atoms with Gasteiger partial charge < -0.3 is 5.32 Å². The van der Waals surface area contributed by atoms with E-state index in [0.717, 1.165) is 19.6 Å². The summed E-state index contributed by atoms with van der Waals surface area (Å²) in [5.74, 6) is 0.697. The van der Waals surface area contributed by atoms with Crippen LogP contribution in [0, 0.1) is 5.92 Å². The summed E-state index contributed by atoms with van der Waals surface area (Å²) in [6, 6.07) is 10.0. The maximum atomic E-state index is 3.73. The zero-order valence-electron chi connectivity index (χ0n) is 12.9. The molecule has 0 aromatic heterocycles. The van der Waals surface area contributed by atoms with E-state index in [2.05, 4.69) is 71.2 Å². The van der Waals surface area contributed by atoms with Gasteiger partial charge in [0.15, 0.2) is 0 Å². The molecule has 20 heavy (non-hydrogen) atoms. The molecule has 0 aliphatic carbocycles. The Morgan fingerprint density at radius 1 is 1.40 bits per heavy atom.